The highest BCUT2D eigenvalue weighted by atomic mass is 35.5. The van der Waals surface area contributed by atoms with Crippen molar-refractivity contribution in [1.29, 1.82) is 0 Å². The van der Waals surface area contributed by atoms with Crippen molar-refractivity contribution in [2.75, 3.05) is 18.9 Å². The molecule has 1 aromatic carbocycles. The average molecular weight is 633 g/mol. The molecule has 1 aliphatic heterocycles. The fourth-order valence-corrected chi connectivity index (χ4v) is 6.64. The molecule has 0 spiro atoms. The van der Waals surface area contributed by atoms with Crippen molar-refractivity contribution in [2.45, 2.75) is 63.4 Å². The van der Waals surface area contributed by atoms with Crippen molar-refractivity contribution in [3.05, 3.63) is 36.7 Å². The van der Waals surface area contributed by atoms with Gasteiger partial charge in [0.15, 0.2) is 17.4 Å². The molecule has 3 aromatic rings. The van der Waals surface area contributed by atoms with E-state index in [2.05, 4.69) is 20.0 Å². The summed E-state index contributed by atoms with van der Waals surface area (Å²) in [5.74, 6) is -0.255. The molecule has 2 unspecified atom stereocenters. The number of esters is 1. The van der Waals surface area contributed by atoms with Crippen LogP contribution in [0.4, 0.5) is 10.3 Å². The Morgan fingerprint density at radius 2 is 2.05 bits per heavy atom. The van der Waals surface area contributed by atoms with Crippen LogP contribution in [0.1, 0.15) is 33.9 Å². The van der Waals surface area contributed by atoms with Gasteiger partial charge in [-0.05, 0) is 51.6 Å². The Morgan fingerprint density at radius 3 is 2.71 bits per heavy atom. The summed E-state index contributed by atoms with van der Waals surface area (Å²) in [6.07, 6.45) is -3.91. The van der Waals surface area contributed by atoms with Gasteiger partial charge in [0, 0.05) is 0 Å². The summed E-state index contributed by atoms with van der Waals surface area (Å²) in [4.78, 5) is 24.8. The number of imidazole rings is 1. The summed E-state index contributed by atoms with van der Waals surface area (Å²) in [6.45, 7) is 3.04. The molecule has 3 heterocycles. The molecule has 1 saturated heterocycles. The van der Waals surface area contributed by atoms with Gasteiger partial charge in [0.2, 0.25) is 11.8 Å². The molecular formula is C24H31ClFN6O7PS. The Bertz CT molecular complexity index is 1420. The van der Waals surface area contributed by atoms with E-state index >= 15 is 4.39 Å². The standard InChI is InChI=1S/C24H31ClFN6O7PS/c1-5-35-20-17-19(29-23(27)30-20)32(12-28-17)22-24(25,26)18(33)16(38-22)11-36-40(41,39-15-9-7-6-8-10-15)31-14(4)21(34)37-13(2)3/h6-10,12-14,16,18,22,33H,5,11H2,1-4H3,(H,31,41)(H2,27,29,30)/t14?,16-,18-,22-,24+,40?/m1/s1. The predicted octanol–water partition coefficient (Wildman–Crippen LogP) is 3.22. The first kappa shape index (κ1) is 31.3. The minimum Gasteiger partial charge on any atom is -0.476 e. The molecule has 4 N–H and O–H groups in total. The summed E-state index contributed by atoms with van der Waals surface area (Å²) < 4.78 is 45.4. The molecule has 0 radical (unpaired) electrons. The topological polar surface area (TPSA) is 165 Å². The second-order valence-corrected chi connectivity index (χ2v) is 13.0. The van der Waals surface area contributed by atoms with Crippen LogP contribution < -0.4 is 20.1 Å². The van der Waals surface area contributed by atoms with E-state index < -0.39 is 48.8 Å². The lowest BCUT2D eigenvalue weighted by Crippen LogP contribution is -2.40. The van der Waals surface area contributed by atoms with Gasteiger partial charge >= 0.3 is 12.6 Å². The van der Waals surface area contributed by atoms with Gasteiger partial charge in [0.1, 0.15) is 24.0 Å². The molecule has 17 heteroatoms. The highest BCUT2D eigenvalue weighted by Gasteiger charge is 2.58. The van der Waals surface area contributed by atoms with Gasteiger partial charge in [0.25, 0.3) is 5.13 Å². The number of benzene rings is 1. The van der Waals surface area contributed by atoms with Crippen molar-refractivity contribution in [3.8, 4) is 11.6 Å². The van der Waals surface area contributed by atoms with Crippen LogP contribution in [0.3, 0.4) is 0 Å². The van der Waals surface area contributed by atoms with Gasteiger partial charge in [0.05, 0.1) is 25.6 Å². The van der Waals surface area contributed by atoms with Crippen LogP contribution in [0.15, 0.2) is 36.7 Å². The van der Waals surface area contributed by atoms with E-state index in [0.29, 0.717) is 5.75 Å². The van der Waals surface area contributed by atoms with Crippen LogP contribution >= 0.6 is 18.2 Å². The summed E-state index contributed by atoms with van der Waals surface area (Å²) in [6, 6.07) is 7.64. The zero-order valence-corrected chi connectivity index (χ0v) is 25.1. The Labute approximate surface area is 245 Å². The van der Waals surface area contributed by atoms with E-state index in [-0.39, 0.29) is 35.7 Å². The van der Waals surface area contributed by atoms with Gasteiger partial charge in [-0.25, -0.2) is 14.5 Å². The fourth-order valence-electron chi connectivity index (χ4n) is 3.93. The van der Waals surface area contributed by atoms with E-state index in [1.165, 1.54) is 10.9 Å². The number of nitrogens with zero attached hydrogens (tertiary/aromatic N) is 4. The summed E-state index contributed by atoms with van der Waals surface area (Å²) in [5.41, 5.74) is 6.09. The lowest BCUT2D eigenvalue weighted by Gasteiger charge is -2.28. The number of aliphatic hydroxyl groups is 1. The Balaban J connectivity index is 1.56. The molecule has 13 nitrogen and oxygen atoms in total. The molecule has 0 saturated carbocycles. The van der Waals surface area contributed by atoms with Gasteiger partial charge < -0.3 is 34.1 Å². The molecule has 2 aromatic heterocycles. The van der Waals surface area contributed by atoms with Crippen molar-refractivity contribution in [2.24, 2.45) is 0 Å². The van der Waals surface area contributed by atoms with E-state index in [1.54, 1.807) is 58.0 Å². The highest BCUT2D eigenvalue weighted by Crippen LogP contribution is 2.49. The van der Waals surface area contributed by atoms with E-state index in [0.717, 1.165) is 0 Å². The number of hydrogen-bond donors (Lipinski definition) is 3. The Kier molecular flexibility index (Phi) is 9.69. The van der Waals surface area contributed by atoms with Gasteiger partial charge in [-0.1, -0.05) is 29.8 Å². The molecule has 41 heavy (non-hydrogen) atoms. The molecule has 0 aliphatic carbocycles. The quantitative estimate of drug-likeness (QED) is 0.152. The molecule has 0 bridgehead atoms. The number of nitrogens with two attached hydrogens (primary N) is 1. The summed E-state index contributed by atoms with van der Waals surface area (Å²) >= 11 is 11.9. The van der Waals surface area contributed by atoms with Crippen molar-refractivity contribution >= 4 is 53.1 Å². The number of anilines is 1. The predicted molar refractivity (Wildman–Crippen MR) is 152 cm³/mol. The maximum Gasteiger partial charge on any atom is 0.323 e. The maximum atomic E-state index is 15.8. The zero-order chi connectivity index (χ0) is 29.9. The number of halogens is 2. The van der Waals surface area contributed by atoms with E-state index in [1.807, 2.05) is 0 Å². The third kappa shape index (κ3) is 7.05. The monoisotopic (exact) mass is 632 g/mol. The minimum atomic E-state index is -3.50. The number of rotatable bonds is 12. The number of para-hydroxylation sites is 1. The van der Waals surface area contributed by atoms with Crippen LogP contribution in [0.2, 0.25) is 0 Å². The van der Waals surface area contributed by atoms with E-state index in [9.17, 15) is 9.90 Å². The lowest BCUT2D eigenvalue weighted by molar-refractivity contribution is -0.149. The minimum absolute atomic E-state index is 0.0825. The third-order valence-electron chi connectivity index (χ3n) is 5.75. The van der Waals surface area contributed by atoms with E-state index in [4.69, 9.17) is 52.4 Å². The molecule has 1 fully saturated rings. The number of alkyl halides is 2. The molecule has 4 rings (SSSR count). The van der Waals surface area contributed by atoms with Crippen LogP contribution in [0.25, 0.3) is 11.2 Å². The number of aromatic nitrogens is 4. The summed E-state index contributed by atoms with van der Waals surface area (Å²) in [5, 5.41) is 10.9. The highest BCUT2D eigenvalue weighted by molar-refractivity contribution is 8.09. The van der Waals surface area contributed by atoms with Gasteiger partial charge in [-0.3, -0.25) is 9.36 Å². The molecular weight excluding hydrogens is 602 g/mol. The maximum absolute atomic E-state index is 15.8. The molecule has 224 valence electrons. The number of carbonyl (C=O) groups excluding carboxylic acids is 1. The fraction of sp³-hybridized carbons (Fsp3) is 0.500. The number of hydrogen-bond acceptors (Lipinski definition) is 12. The number of nitrogens with one attached hydrogen (secondary N) is 1. The SMILES string of the molecule is CCOc1nc(N)nc2c1ncn2[C@@H]1O[C@H](COP(=S)(NC(C)C(=O)OC(C)C)Oc2ccccc2)[C@@H](O)[C@@]1(F)Cl. The van der Waals surface area contributed by atoms with Crippen molar-refractivity contribution in [3.63, 3.8) is 0 Å². The summed E-state index contributed by atoms with van der Waals surface area (Å²) in [7, 11) is 0. The van der Waals surface area contributed by atoms with Crippen LogP contribution in [-0.4, -0.2) is 73.3 Å². The van der Waals surface area contributed by atoms with Crippen LogP contribution in [-0.2, 0) is 30.6 Å². The smallest absolute Gasteiger partial charge is 0.323 e. The third-order valence-corrected chi connectivity index (χ3v) is 8.66. The van der Waals surface area contributed by atoms with Crippen molar-refractivity contribution in [1.82, 2.24) is 24.6 Å². The number of aliphatic hydroxyl groups excluding tert-OH is 1. The first-order chi connectivity index (χ1) is 19.3. The number of nitrogen functional groups attached to an aromatic ring is 1. The Hall–Kier alpha value is -2.65. The Morgan fingerprint density at radius 1 is 1.34 bits per heavy atom. The first-order valence-corrected chi connectivity index (χ1v) is 15.7. The van der Waals surface area contributed by atoms with Crippen molar-refractivity contribution < 1.29 is 37.5 Å². The van der Waals surface area contributed by atoms with Gasteiger partial charge in [-0.15, -0.1) is 0 Å². The molecule has 6 atom stereocenters. The average Bonchev–Trinajstić information content (AvgIpc) is 3.41. The number of ether oxygens (including phenoxy) is 3. The number of carbonyl (C=O) groups is 1. The van der Waals surface area contributed by atoms with Crippen LogP contribution in [0, 0.1) is 0 Å². The largest absolute Gasteiger partial charge is 0.476 e. The second-order valence-electron chi connectivity index (χ2n) is 9.32. The molecule has 0 amide bonds. The zero-order valence-electron chi connectivity index (χ0n) is 22.6. The first-order valence-electron chi connectivity index (χ1n) is 12.7. The lowest BCUT2D eigenvalue weighted by atomic mass is 10.1. The normalized spacial score (nSPS) is 24.7. The van der Waals surface area contributed by atoms with Gasteiger partial charge in [-0.2, -0.15) is 9.97 Å². The number of fused-ring (bicyclic) bond motifs is 1. The molecule has 1 aliphatic rings. The second kappa shape index (κ2) is 12.7. The van der Waals surface area contributed by atoms with Crippen LogP contribution in [0.5, 0.6) is 11.6 Å².